The molecule has 9 heteroatoms. The lowest BCUT2D eigenvalue weighted by molar-refractivity contribution is -0.384. The second kappa shape index (κ2) is 8.20. The Balaban J connectivity index is 1.72. The van der Waals surface area contributed by atoms with E-state index in [9.17, 15) is 24.8 Å². The van der Waals surface area contributed by atoms with Crippen molar-refractivity contribution >= 4 is 49.8 Å². The molecule has 8 nitrogen and oxygen atoms in total. The number of fused-ring (bicyclic) bond motifs is 1. The molecule has 168 valence electrons. The largest absolute Gasteiger partial charge is 0.507 e. The normalized spacial score (nSPS) is 17.4. The van der Waals surface area contributed by atoms with E-state index in [4.69, 9.17) is 0 Å². The Bertz CT molecular complexity index is 1490. The third-order valence-corrected chi connectivity index (χ3v) is 6.67. The number of nitrogens with zero attached hydrogens (tertiary/aromatic N) is 3. The molecule has 1 atom stereocenters. The summed E-state index contributed by atoms with van der Waals surface area (Å²) in [5.41, 5.74) is 2.31. The van der Waals surface area contributed by atoms with E-state index in [-0.39, 0.29) is 17.0 Å². The van der Waals surface area contributed by atoms with Gasteiger partial charge in [0.1, 0.15) is 5.76 Å². The van der Waals surface area contributed by atoms with Gasteiger partial charge in [-0.2, -0.15) is 0 Å². The minimum atomic E-state index is -0.998. The number of non-ortho nitro benzene ring substituents is 1. The number of nitro benzene ring substituents is 1. The molecule has 1 aliphatic heterocycles. The number of hydrogen-bond donors (Lipinski definition) is 1. The standard InChI is InChI=1S/C25H17N3O5S/c1-14-7-12-18-19(13-14)34-25(26-18)27-21(15-8-10-17(11-9-15)28(32)33)20(23(30)24(27)31)22(29)16-5-3-2-4-6-16/h2-13,21,29H,1H3/t21-/m0/s1. The minimum absolute atomic E-state index is 0.0968. The van der Waals surface area contributed by atoms with E-state index in [1.807, 2.05) is 25.1 Å². The molecular weight excluding hydrogens is 454 g/mol. The lowest BCUT2D eigenvalue weighted by atomic mass is 9.95. The molecule has 0 saturated carbocycles. The van der Waals surface area contributed by atoms with E-state index in [0.717, 1.165) is 10.3 Å². The maximum atomic E-state index is 13.2. The summed E-state index contributed by atoms with van der Waals surface area (Å²) < 4.78 is 0.849. The van der Waals surface area contributed by atoms with Crippen molar-refractivity contribution in [3.8, 4) is 0 Å². The molecule has 0 aliphatic carbocycles. The van der Waals surface area contributed by atoms with Gasteiger partial charge in [0.05, 0.1) is 26.8 Å². The predicted molar refractivity (Wildman–Crippen MR) is 129 cm³/mol. The molecule has 1 N–H and O–H groups in total. The number of ketones is 1. The predicted octanol–water partition coefficient (Wildman–Crippen LogP) is 5.14. The number of rotatable bonds is 4. The van der Waals surface area contributed by atoms with Crippen LogP contribution in [0, 0.1) is 17.0 Å². The SMILES string of the molecule is Cc1ccc2nc(N3C(=O)C(=O)C(=C(O)c4ccccc4)[C@@H]3c3ccc([N+](=O)[O-])cc3)sc2c1. The van der Waals surface area contributed by atoms with Crippen molar-refractivity contribution in [1.82, 2.24) is 4.98 Å². The number of carbonyl (C=O) groups excluding carboxylic acids is 2. The van der Waals surface area contributed by atoms with Crippen molar-refractivity contribution in [1.29, 1.82) is 0 Å². The average Bonchev–Trinajstić information content (AvgIpc) is 3.37. The summed E-state index contributed by atoms with van der Waals surface area (Å²) in [6.07, 6.45) is 0. The van der Waals surface area contributed by atoms with E-state index in [0.29, 0.717) is 21.8 Å². The van der Waals surface area contributed by atoms with E-state index in [2.05, 4.69) is 4.98 Å². The molecule has 1 amide bonds. The zero-order valence-electron chi connectivity index (χ0n) is 17.8. The molecule has 0 spiro atoms. The van der Waals surface area contributed by atoms with Gasteiger partial charge in [0.25, 0.3) is 11.5 Å². The van der Waals surface area contributed by atoms with Gasteiger partial charge >= 0.3 is 5.91 Å². The van der Waals surface area contributed by atoms with E-state index in [1.165, 1.54) is 40.5 Å². The van der Waals surface area contributed by atoms with Crippen LogP contribution in [0.3, 0.4) is 0 Å². The van der Waals surface area contributed by atoms with Gasteiger partial charge in [0.15, 0.2) is 5.13 Å². The highest BCUT2D eigenvalue weighted by Gasteiger charge is 2.48. The first kappa shape index (κ1) is 21.5. The molecule has 0 unspecified atom stereocenters. The highest BCUT2D eigenvalue weighted by Crippen LogP contribution is 2.44. The number of aromatic nitrogens is 1. The number of Topliss-reactive ketones (excluding diaryl/α,β-unsaturated/α-hetero) is 1. The Hall–Kier alpha value is -4.37. The zero-order valence-corrected chi connectivity index (χ0v) is 18.7. The first-order valence-electron chi connectivity index (χ1n) is 10.3. The highest BCUT2D eigenvalue weighted by molar-refractivity contribution is 7.22. The van der Waals surface area contributed by atoms with Crippen molar-refractivity contribution in [2.45, 2.75) is 13.0 Å². The topological polar surface area (TPSA) is 114 Å². The van der Waals surface area contributed by atoms with Crippen molar-refractivity contribution < 1.29 is 19.6 Å². The molecule has 1 aromatic heterocycles. The van der Waals surface area contributed by atoms with Gasteiger partial charge in [-0.3, -0.25) is 24.6 Å². The van der Waals surface area contributed by atoms with Crippen LogP contribution in [0.4, 0.5) is 10.8 Å². The summed E-state index contributed by atoms with van der Waals surface area (Å²) in [4.78, 5) is 42.9. The number of aliphatic hydroxyl groups is 1. The summed E-state index contributed by atoms with van der Waals surface area (Å²) in [5, 5.41) is 22.5. The second-order valence-corrected chi connectivity index (χ2v) is 8.86. The molecule has 1 aliphatic rings. The second-order valence-electron chi connectivity index (χ2n) is 7.85. The summed E-state index contributed by atoms with van der Waals surface area (Å²) in [6.45, 7) is 1.95. The van der Waals surface area contributed by atoms with Crippen LogP contribution < -0.4 is 4.90 Å². The maximum absolute atomic E-state index is 13.2. The van der Waals surface area contributed by atoms with Crippen LogP contribution in [0.25, 0.3) is 16.0 Å². The lowest BCUT2D eigenvalue weighted by Gasteiger charge is -2.22. The van der Waals surface area contributed by atoms with Gasteiger partial charge in [-0.05, 0) is 42.3 Å². The van der Waals surface area contributed by atoms with Crippen molar-refractivity contribution in [3.63, 3.8) is 0 Å². The van der Waals surface area contributed by atoms with E-state index < -0.39 is 22.7 Å². The van der Waals surface area contributed by atoms with Gasteiger partial charge < -0.3 is 5.11 Å². The van der Waals surface area contributed by atoms with Crippen molar-refractivity contribution in [2.24, 2.45) is 0 Å². The minimum Gasteiger partial charge on any atom is -0.507 e. The van der Waals surface area contributed by atoms with Crippen LogP contribution >= 0.6 is 11.3 Å². The maximum Gasteiger partial charge on any atom is 0.301 e. The molecular formula is C25H17N3O5S. The van der Waals surface area contributed by atoms with Crippen LogP contribution in [-0.2, 0) is 9.59 Å². The average molecular weight is 471 g/mol. The van der Waals surface area contributed by atoms with Crippen LogP contribution in [0.5, 0.6) is 0 Å². The summed E-state index contributed by atoms with van der Waals surface area (Å²) in [6, 6.07) is 18.7. The number of hydrogen-bond acceptors (Lipinski definition) is 7. The number of amides is 1. The number of aliphatic hydroxyl groups excluding tert-OH is 1. The van der Waals surface area contributed by atoms with Crippen LogP contribution in [0.15, 0.2) is 78.4 Å². The smallest absolute Gasteiger partial charge is 0.301 e. The molecule has 3 aromatic carbocycles. The molecule has 1 saturated heterocycles. The third kappa shape index (κ3) is 3.52. The van der Waals surface area contributed by atoms with Crippen LogP contribution in [0.2, 0.25) is 0 Å². The van der Waals surface area contributed by atoms with Gasteiger partial charge in [-0.25, -0.2) is 4.98 Å². The molecule has 34 heavy (non-hydrogen) atoms. The van der Waals surface area contributed by atoms with E-state index >= 15 is 0 Å². The zero-order chi connectivity index (χ0) is 24.0. The quantitative estimate of drug-likeness (QED) is 0.145. The van der Waals surface area contributed by atoms with Gasteiger partial charge in [-0.15, -0.1) is 0 Å². The molecule has 4 aromatic rings. The summed E-state index contributed by atoms with van der Waals surface area (Å²) >= 11 is 1.26. The first-order chi connectivity index (χ1) is 16.3. The van der Waals surface area contributed by atoms with Gasteiger partial charge in [0.2, 0.25) is 0 Å². The molecule has 0 bridgehead atoms. The molecule has 2 heterocycles. The van der Waals surface area contributed by atoms with E-state index in [1.54, 1.807) is 30.3 Å². The Labute approximate surface area is 197 Å². The lowest BCUT2D eigenvalue weighted by Crippen LogP contribution is -2.29. The number of thiazole rings is 1. The number of nitro groups is 1. The summed E-state index contributed by atoms with van der Waals surface area (Å²) in [7, 11) is 0. The Morgan fingerprint density at radius 2 is 1.76 bits per heavy atom. The fourth-order valence-corrected chi connectivity index (χ4v) is 5.09. The Morgan fingerprint density at radius 3 is 2.44 bits per heavy atom. The molecule has 0 radical (unpaired) electrons. The van der Waals surface area contributed by atoms with Crippen molar-refractivity contribution in [2.75, 3.05) is 4.90 Å². The number of anilines is 1. The van der Waals surface area contributed by atoms with Crippen molar-refractivity contribution in [3.05, 3.63) is 105 Å². The van der Waals surface area contributed by atoms with Crippen LogP contribution in [0.1, 0.15) is 22.7 Å². The third-order valence-electron chi connectivity index (χ3n) is 5.65. The Kier molecular flexibility index (Phi) is 5.18. The van der Waals surface area contributed by atoms with Crippen LogP contribution in [-0.4, -0.2) is 26.7 Å². The fraction of sp³-hybridized carbons (Fsp3) is 0.0800. The Morgan fingerprint density at radius 1 is 1.06 bits per heavy atom. The number of carbonyl (C=O) groups is 2. The highest BCUT2D eigenvalue weighted by atomic mass is 32.1. The molecule has 1 fully saturated rings. The fourth-order valence-electron chi connectivity index (χ4n) is 4.00. The van der Waals surface area contributed by atoms with Gasteiger partial charge in [0, 0.05) is 17.7 Å². The number of aryl methyl sites for hydroxylation is 1. The monoisotopic (exact) mass is 471 g/mol. The summed E-state index contributed by atoms with van der Waals surface area (Å²) in [5.74, 6) is -1.99. The first-order valence-corrected chi connectivity index (χ1v) is 11.1. The molecule has 5 rings (SSSR count). The number of benzene rings is 3. The van der Waals surface area contributed by atoms with Gasteiger partial charge in [-0.1, -0.05) is 47.7 Å².